The van der Waals surface area contributed by atoms with E-state index < -0.39 is 0 Å². The van der Waals surface area contributed by atoms with Crippen molar-refractivity contribution in [3.8, 4) is 56.0 Å². The van der Waals surface area contributed by atoms with Crippen LogP contribution in [0.4, 0.5) is 0 Å². The quantitative estimate of drug-likeness (QED) is 0.192. The molecule has 10 rings (SSSR count). The fourth-order valence-corrected chi connectivity index (χ4v) is 7.61. The summed E-state index contributed by atoms with van der Waals surface area (Å²) in [4.78, 5) is 0. The summed E-state index contributed by atoms with van der Waals surface area (Å²) in [6.07, 6.45) is 0. The maximum atomic E-state index is 6.37. The van der Waals surface area contributed by atoms with Crippen molar-refractivity contribution in [3.05, 3.63) is 158 Å². The van der Waals surface area contributed by atoms with Crippen molar-refractivity contribution in [2.45, 2.75) is 0 Å². The molecule has 1 aliphatic heterocycles. The van der Waals surface area contributed by atoms with Crippen molar-refractivity contribution >= 4 is 43.1 Å². The lowest BCUT2D eigenvalue weighted by Gasteiger charge is -2.22. The lowest BCUT2D eigenvalue weighted by molar-refractivity contribution is 0.487. The van der Waals surface area contributed by atoms with E-state index in [1.165, 1.54) is 82.0 Å². The number of para-hydroxylation sites is 1. The van der Waals surface area contributed by atoms with Gasteiger partial charge in [0.25, 0.3) is 0 Å². The summed E-state index contributed by atoms with van der Waals surface area (Å²) in [7, 11) is 0. The van der Waals surface area contributed by atoms with Gasteiger partial charge in [-0.25, -0.2) is 0 Å². The first-order chi connectivity index (χ1) is 22.3. The van der Waals surface area contributed by atoms with Gasteiger partial charge in [0.05, 0.1) is 0 Å². The lowest BCUT2D eigenvalue weighted by Crippen LogP contribution is -1.97. The smallest absolute Gasteiger partial charge is 0.135 e. The van der Waals surface area contributed by atoms with Crippen molar-refractivity contribution in [1.82, 2.24) is 0 Å². The number of ether oxygens (including phenoxy) is 1. The van der Waals surface area contributed by atoms with Crippen molar-refractivity contribution in [1.29, 1.82) is 0 Å². The predicted octanol–water partition coefficient (Wildman–Crippen LogP) is 12.5. The summed E-state index contributed by atoms with van der Waals surface area (Å²) in [5, 5.41) is 10.2. The third-order valence-electron chi connectivity index (χ3n) is 9.63. The molecule has 0 unspecified atom stereocenters. The number of rotatable bonds is 3. The van der Waals surface area contributed by atoms with Crippen molar-refractivity contribution < 1.29 is 4.74 Å². The molecule has 0 spiro atoms. The topological polar surface area (TPSA) is 9.23 Å². The van der Waals surface area contributed by atoms with E-state index >= 15 is 0 Å². The molecule has 0 aromatic heterocycles. The Bertz CT molecular complexity index is 2610. The van der Waals surface area contributed by atoms with Crippen LogP contribution in [0.25, 0.3) is 87.6 Å². The molecule has 0 saturated carbocycles. The number of fused-ring (bicyclic) bond motifs is 2. The minimum absolute atomic E-state index is 0.914. The minimum atomic E-state index is 0.914. The molecule has 45 heavy (non-hydrogen) atoms. The molecule has 0 N–H and O–H groups in total. The maximum Gasteiger partial charge on any atom is 0.135 e. The second-order valence-corrected chi connectivity index (χ2v) is 12.0. The van der Waals surface area contributed by atoms with E-state index in [2.05, 4.69) is 146 Å². The van der Waals surface area contributed by atoms with Gasteiger partial charge in [-0.15, -0.1) is 0 Å². The van der Waals surface area contributed by atoms with Gasteiger partial charge in [-0.1, -0.05) is 140 Å². The highest BCUT2D eigenvalue weighted by atomic mass is 16.5. The van der Waals surface area contributed by atoms with Crippen LogP contribution in [0.15, 0.2) is 158 Å². The zero-order valence-corrected chi connectivity index (χ0v) is 24.4. The SMILES string of the molecule is c1ccc(-c2ccc3ccc4c(-c5cccc(-c6ccc7c8c(cccc68)-c6ccccc6O7)c5)ccc5ccc2c3c54)cc1. The van der Waals surface area contributed by atoms with Crippen LogP contribution in [-0.2, 0) is 0 Å². The fourth-order valence-electron chi connectivity index (χ4n) is 7.61. The van der Waals surface area contributed by atoms with Crippen LogP contribution < -0.4 is 4.74 Å². The number of benzene rings is 9. The second kappa shape index (κ2) is 9.29. The Balaban J connectivity index is 1.17. The van der Waals surface area contributed by atoms with Crippen LogP contribution in [0.5, 0.6) is 11.5 Å². The first kappa shape index (κ1) is 24.5. The summed E-state index contributed by atoms with van der Waals surface area (Å²) >= 11 is 0. The molecular weight excluding hydrogens is 544 g/mol. The van der Waals surface area contributed by atoms with Crippen LogP contribution in [0.1, 0.15) is 0 Å². The van der Waals surface area contributed by atoms with Crippen LogP contribution >= 0.6 is 0 Å². The standard InChI is InChI=1S/C44H26O/c1-2-8-27(9-3-1)32-20-16-28-19-23-39-33(21-17-29-18-22-38(32)42(28)43(29)39)30-10-6-11-31(26-30)34-24-25-41-44-36(34)13-7-14-37(44)35-12-4-5-15-40(35)45-41/h1-26H. The van der Waals surface area contributed by atoms with E-state index in [-0.39, 0.29) is 0 Å². The zero-order valence-electron chi connectivity index (χ0n) is 24.4. The first-order valence-electron chi connectivity index (χ1n) is 15.5. The van der Waals surface area contributed by atoms with Crippen LogP contribution in [-0.4, -0.2) is 0 Å². The van der Waals surface area contributed by atoms with Gasteiger partial charge in [0.2, 0.25) is 0 Å². The molecule has 1 nitrogen and oxygen atoms in total. The average Bonchev–Trinajstić information content (AvgIpc) is 3.11. The molecule has 0 atom stereocenters. The highest BCUT2D eigenvalue weighted by Gasteiger charge is 2.21. The van der Waals surface area contributed by atoms with E-state index in [4.69, 9.17) is 4.74 Å². The van der Waals surface area contributed by atoms with Gasteiger partial charge in [0, 0.05) is 10.9 Å². The Morgan fingerprint density at radius 1 is 0.289 bits per heavy atom. The molecule has 0 bridgehead atoms. The monoisotopic (exact) mass is 570 g/mol. The Labute approximate surface area is 260 Å². The second-order valence-electron chi connectivity index (χ2n) is 12.0. The summed E-state index contributed by atoms with van der Waals surface area (Å²) in [5.41, 5.74) is 9.78. The summed E-state index contributed by atoms with van der Waals surface area (Å²) < 4.78 is 6.37. The fraction of sp³-hybridized carbons (Fsp3) is 0. The normalized spacial score (nSPS) is 12.2. The third kappa shape index (κ3) is 3.56. The molecular formula is C44H26O. The average molecular weight is 571 g/mol. The van der Waals surface area contributed by atoms with Gasteiger partial charge in [0.15, 0.2) is 0 Å². The molecule has 1 heterocycles. The molecule has 0 radical (unpaired) electrons. The predicted molar refractivity (Wildman–Crippen MR) is 189 cm³/mol. The summed E-state index contributed by atoms with van der Waals surface area (Å²) in [6, 6.07) is 57.3. The third-order valence-corrected chi connectivity index (χ3v) is 9.63. The van der Waals surface area contributed by atoms with Gasteiger partial charge in [-0.05, 0) is 94.8 Å². The molecule has 1 aliphatic rings. The van der Waals surface area contributed by atoms with Crippen LogP contribution in [0.2, 0.25) is 0 Å². The Kier molecular flexibility index (Phi) is 5.06. The van der Waals surface area contributed by atoms with E-state index in [0.717, 1.165) is 17.1 Å². The minimum Gasteiger partial charge on any atom is -0.456 e. The largest absolute Gasteiger partial charge is 0.456 e. The number of hydrogen-bond donors (Lipinski definition) is 0. The molecule has 9 aromatic rings. The zero-order chi connectivity index (χ0) is 29.5. The Morgan fingerprint density at radius 3 is 1.56 bits per heavy atom. The molecule has 0 aliphatic carbocycles. The van der Waals surface area contributed by atoms with Crippen LogP contribution in [0.3, 0.4) is 0 Å². The lowest BCUT2D eigenvalue weighted by atomic mass is 9.86. The molecule has 0 amide bonds. The van der Waals surface area contributed by atoms with E-state index in [1.54, 1.807) is 0 Å². The Hall–Kier alpha value is -5.92. The first-order valence-corrected chi connectivity index (χ1v) is 15.5. The van der Waals surface area contributed by atoms with Gasteiger partial charge < -0.3 is 4.74 Å². The molecule has 9 aromatic carbocycles. The van der Waals surface area contributed by atoms with Crippen molar-refractivity contribution in [3.63, 3.8) is 0 Å². The molecule has 0 saturated heterocycles. The van der Waals surface area contributed by atoms with Gasteiger partial charge >= 0.3 is 0 Å². The van der Waals surface area contributed by atoms with Gasteiger partial charge in [-0.3, -0.25) is 0 Å². The van der Waals surface area contributed by atoms with Crippen LogP contribution in [0, 0.1) is 0 Å². The van der Waals surface area contributed by atoms with Gasteiger partial charge in [0.1, 0.15) is 11.5 Å². The highest BCUT2D eigenvalue weighted by molar-refractivity contribution is 6.27. The van der Waals surface area contributed by atoms with E-state index in [0.29, 0.717) is 0 Å². The maximum absolute atomic E-state index is 6.37. The van der Waals surface area contributed by atoms with Gasteiger partial charge in [-0.2, -0.15) is 0 Å². The molecule has 0 fully saturated rings. The van der Waals surface area contributed by atoms with E-state index in [9.17, 15) is 0 Å². The van der Waals surface area contributed by atoms with Crippen molar-refractivity contribution in [2.24, 2.45) is 0 Å². The summed E-state index contributed by atoms with van der Waals surface area (Å²) in [5.74, 6) is 1.83. The van der Waals surface area contributed by atoms with E-state index in [1.807, 2.05) is 12.1 Å². The Morgan fingerprint density at radius 2 is 0.822 bits per heavy atom. The number of hydrogen-bond acceptors (Lipinski definition) is 1. The summed E-state index contributed by atoms with van der Waals surface area (Å²) in [6.45, 7) is 0. The molecule has 208 valence electrons. The highest BCUT2D eigenvalue weighted by Crippen LogP contribution is 2.49. The molecule has 1 heteroatoms. The van der Waals surface area contributed by atoms with Crippen molar-refractivity contribution in [2.75, 3.05) is 0 Å².